The highest BCUT2D eigenvalue weighted by Crippen LogP contribution is 2.23. The Morgan fingerprint density at radius 3 is 2.44 bits per heavy atom. The third-order valence-corrected chi connectivity index (χ3v) is 2.60. The van der Waals surface area contributed by atoms with Gasteiger partial charge in [-0.2, -0.15) is 0 Å². The number of ether oxygens (including phenoxy) is 1. The van der Waals surface area contributed by atoms with Crippen molar-refractivity contribution in [3.8, 4) is 5.75 Å². The lowest BCUT2D eigenvalue weighted by atomic mass is 9.91. The normalized spacial score (nSPS) is 11.2. The molecule has 0 fully saturated rings. The maximum atomic E-state index is 10.6. The average molecular weight is 287 g/mol. The summed E-state index contributed by atoms with van der Waals surface area (Å²) in [5.41, 5.74) is -0.362. The molecule has 1 aromatic carbocycles. The van der Waals surface area contributed by atoms with Gasteiger partial charge in [0.2, 0.25) is 0 Å². The van der Waals surface area contributed by atoms with E-state index in [0.717, 1.165) is 10.2 Å². The highest BCUT2D eigenvalue weighted by molar-refractivity contribution is 9.10. The van der Waals surface area contributed by atoms with Crippen molar-refractivity contribution in [1.29, 1.82) is 0 Å². The molecule has 88 valence electrons. The van der Waals surface area contributed by atoms with E-state index in [1.165, 1.54) is 0 Å². The van der Waals surface area contributed by atoms with Crippen LogP contribution < -0.4 is 4.74 Å². The molecule has 0 aliphatic rings. The third-order valence-electron chi connectivity index (χ3n) is 2.07. The molecule has 0 heterocycles. The fraction of sp³-hybridized carbons (Fsp3) is 0.417. The lowest BCUT2D eigenvalue weighted by Gasteiger charge is -2.22. The molecule has 1 rings (SSSR count). The van der Waals surface area contributed by atoms with Gasteiger partial charge in [0.1, 0.15) is 5.75 Å². The van der Waals surface area contributed by atoms with Crippen LogP contribution in [0.15, 0.2) is 28.7 Å². The van der Waals surface area contributed by atoms with Gasteiger partial charge in [0.15, 0.2) is 0 Å². The third kappa shape index (κ3) is 4.66. The van der Waals surface area contributed by atoms with E-state index >= 15 is 0 Å². The van der Waals surface area contributed by atoms with E-state index in [0.29, 0.717) is 6.61 Å². The van der Waals surface area contributed by atoms with E-state index in [4.69, 9.17) is 9.84 Å². The Morgan fingerprint density at radius 1 is 1.38 bits per heavy atom. The van der Waals surface area contributed by atoms with Gasteiger partial charge >= 0.3 is 5.97 Å². The summed E-state index contributed by atoms with van der Waals surface area (Å²) in [5, 5.41) is 8.72. The molecule has 0 amide bonds. The van der Waals surface area contributed by atoms with E-state index in [1.807, 2.05) is 38.1 Å². The molecule has 0 bridgehead atoms. The van der Waals surface area contributed by atoms with Crippen LogP contribution in [0.3, 0.4) is 0 Å². The highest BCUT2D eigenvalue weighted by Gasteiger charge is 2.22. The minimum absolute atomic E-state index is 0.101. The smallest absolute Gasteiger partial charge is 0.304 e. The summed E-state index contributed by atoms with van der Waals surface area (Å²) >= 11 is 3.34. The molecule has 0 aliphatic heterocycles. The average Bonchev–Trinajstić information content (AvgIpc) is 2.15. The first-order valence-electron chi connectivity index (χ1n) is 4.99. The van der Waals surface area contributed by atoms with E-state index in [-0.39, 0.29) is 11.8 Å². The molecule has 0 radical (unpaired) electrons. The number of halogens is 1. The quantitative estimate of drug-likeness (QED) is 0.903. The van der Waals surface area contributed by atoms with Gasteiger partial charge in [-0.15, -0.1) is 0 Å². The second-order valence-corrected chi connectivity index (χ2v) is 5.39. The maximum absolute atomic E-state index is 10.6. The molecule has 4 heteroatoms. The van der Waals surface area contributed by atoms with E-state index < -0.39 is 5.97 Å². The largest absolute Gasteiger partial charge is 0.493 e. The molecule has 0 atom stereocenters. The van der Waals surface area contributed by atoms with Gasteiger partial charge < -0.3 is 9.84 Å². The molecule has 16 heavy (non-hydrogen) atoms. The van der Waals surface area contributed by atoms with Gasteiger partial charge in [0.05, 0.1) is 13.0 Å². The van der Waals surface area contributed by atoms with Crippen molar-refractivity contribution < 1.29 is 14.6 Å². The van der Waals surface area contributed by atoms with Gasteiger partial charge in [0.25, 0.3) is 0 Å². The minimum Gasteiger partial charge on any atom is -0.493 e. The molecule has 0 aromatic heterocycles. The van der Waals surface area contributed by atoms with Crippen LogP contribution in [0, 0.1) is 5.41 Å². The molecular formula is C12H15BrO3. The Labute approximate surface area is 104 Å². The lowest BCUT2D eigenvalue weighted by Crippen LogP contribution is -2.24. The predicted molar refractivity (Wildman–Crippen MR) is 65.7 cm³/mol. The number of rotatable bonds is 5. The lowest BCUT2D eigenvalue weighted by molar-refractivity contribution is -0.139. The number of aliphatic carboxylic acids is 1. The summed E-state index contributed by atoms with van der Waals surface area (Å²) in [5.74, 6) is -0.0499. The van der Waals surface area contributed by atoms with Crippen LogP contribution >= 0.6 is 15.9 Å². The topological polar surface area (TPSA) is 46.5 Å². The Hall–Kier alpha value is -1.03. The van der Waals surface area contributed by atoms with Crippen LogP contribution in [0.25, 0.3) is 0 Å². The zero-order valence-corrected chi connectivity index (χ0v) is 11.0. The van der Waals surface area contributed by atoms with Gasteiger partial charge in [0, 0.05) is 9.89 Å². The standard InChI is InChI=1S/C12H15BrO3/c1-12(2,7-11(14)15)8-16-10-5-3-9(13)4-6-10/h3-6H,7-8H2,1-2H3,(H,14,15). The number of carbonyl (C=O) groups is 1. The van der Waals surface area contributed by atoms with Crippen LogP contribution in [0.5, 0.6) is 5.75 Å². The zero-order chi connectivity index (χ0) is 12.2. The van der Waals surface area contributed by atoms with Gasteiger partial charge in [-0.25, -0.2) is 0 Å². The zero-order valence-electron chi connectivity index (χ0n) is 9.37. The molecule has 0 saturated heterocycles. The number of carboxylic acid groups (broad SMARTS) is 1. The van der Waals surface area contributed by atoms with Crippen molar-refractivity contribution in [2.24, 2.45) is 5.41 Å². The maximum Gasteiger partial charge on any atom is 0.304 e. The predicted octanol–water partition coefficient (Wildman–Crippen LogP) is 3.33. The van der Waals surface area contributed by atoms with Crippen LogP contribution in [0.4, 0.5) is 0 Å². The summed E-state index contributed by atoms with van der Waals surface area (Å²) in [6, 6.07) is 7.47. The number of hydrogen-bond donors (Lipinski definition) is 1. The Morgan fingerprint density at radius 2 is 1.94 bits per heavy atom. The van der Waals surface area contributed by atoms with Crippen molar-refractivity contribution in [2.75, 3.05) is 6.61 Å². The first-order chi connectivity index (χ1) is 7.39. The van der Waals surface area contributed by atoms with Crippen molar-refractivity contribution >= 4 is 21.9 Å². The minimum atomic E-state index is -0.801. The molecule has 1 N–H and O–H groups in total. The summed E-state index contributed by atoms with van der Waals surface area (Å²) in [7, 11) is 0. The van der Waals surface area contributed by atoms with E-state index in [1.54, 1.807) is 0 Å². The molecule has 1 aromatic rings. The van der Waals surface area contributed by atoms with Crippen molar-refractivity contribution in [3.63, 3.8) is 0 Å². The fourth-order valence-corrected chi connectivity index (χ4v) is 1.53. The summed E-state index contributed by atoms with van der Waals surface area (Å²) in [4.78, 5) is 10.6. The van der Waals surface area contributed by atoms with Gasteiger partial charge in [-0.05, 0) is 24.3 Å². The van der Waals surface area contributed by atoms with Crippen molar-refractivity contribution in [2.45, 2.75) is 20.3 Å². The fourth-order valence-electron chi connectivity index (χ4n) is 1.27. The highest BCUT2D eigenvalue weighted by atomic mass is 79.9. The number of hydrogen-bond acceptors (Lipinski definition) is 2. The molecule has 0 unspecified atom stereocenters. The second kappa shape index (κ2) is 5.34. The second-order valence-electron chi connectivity index (χ2n) is 4.48. The van der Waals surface area contributed by atoms with Crippen molar-refractivity contribution in [1.82, 2.24) is 0 Å². The Balaban J connectivity index is 2.50. The first-order valence-corrected chi connectivity index (χ1v) is 5.78. The first kappa shape index (κ1) is 13.0. The van der Waals surface area contributed by atoms with Crippen LogP contribution in [-0.4, -0.2) is 17.7 Å². The van der Waals surface area contributed by atoms with Crippen LogP contribution in [-0.2, 0) is 4.79 Å². The molecule has 0 spiro atoms. The summed E-state index contributed by atoms with van der Waals surface area (Å²) < 4.78 is 6.53. The Kier molecular flexibility index (Phi) is 4.35. The van der Waals surface area contributed by atoms with Gasteiger partial charge in [-0.3, -0.25) is 4.79 Å². The van der Waals surface area contributed by atoms with Crippen LogP contribution in [0.1, 0.15) is 20.3 Å². The summed E-state index contributed by atoms with van der Waals surface area (Å²) in [6.07, 6.45) is 0.101. The number of benzene rings is 1. The van der Waals surface area contributed by atoms with E-state index in [2.05, 4.69) is 15.9 Å². The molecule has 0 aliphatic carbocycles. The summed E-state index contributed by atoms with van der Waals surface area (Å²) in [6.45, 7) is 4.14. The van der Waals surface area contributed by atoms with Crippen molar-refractivity contribution in [3.05, 3.63) is 28.7 Å². The van der Waals surface area contributed by atoms with Crippen LogP contribution in [0.2, 0.25) is 0 Å². The number of carboxylic acids is 1. The molecule has 3 nitrogen and oxygen atoms in total. The molecular weight excluding hydrogens is 272 g/mol. The Bertz CT molecular complexity index is 357. The van der Waals surface area contributed by atoms with E-state index in [9.17, 15) is 4.79 Å². The molecule has 0 saturated carbocycles. The monoisotopic (exact) mass is 286 g/mol. The van der Waals surface area contributed by atoms with Gasteiger partial charge in [-0.1, -0.05) is 29.8 Å². The SMILES string of the molecule is CC(C)(COc1ccc(Br)cc1)CC(=O)O.